The highest BCUT2D eigenvalue weighted by molar-refractivity contribution is 7.17. The van der Waals surface area contributed by atoms with Crippen molar-refractivity contribution in [3.63, 3.8) is 0 Å². The van der Waals surface area contributed by atoms with Crippen LogP contribution in [0.4, 0.5) is 11.4 Å². The lowest BCUT2D eigenvalue weighted by Gasteiger charge is -2.21. The van der Waals surface area contributed by atoms with Gasteiger partial charge in [-0.1, -0.05) is 6.07 Å². The van der Waals surface area contributed by atoms with Crippen LogP contribution < -0.4 is 20.7 Å². The summed E-state index contributed by atoms with van der Waals surface area (Å²) in [6, 6.07) is 7.18. The summed E-state index contributed by atoms with van der Waals surface area (Å²) in [4.78, 5) is 30.0. The number of rotatable bonds is 10. The molecular weight excluding hydrogens is 453 g/mol. The molecule has 174 valence electrons. The Morgan fingerprint density at radius 1 is 1.12 bits per heavy atom. The van der Waals surface area contributed by atoms with Gasteiger partial charge in [-0.15, -0.1) is 16.4 Å². The van der Waals surface area contributed by atoms with E-state index >= 15 is 0 Å². The van der Waals surface area contributed by atoms with Crippen LogP contribution in [0, 0.1) is 0 Å². The van der Waals surface area contributed by atoms with Gasteiger partial charge in [0.25, 0.3) is 11.8 Å². The first-order chi connectivity index (χ1) is 16.2. The van der Waals surface area contributed by atoms with Crippen LogP contribution in [-0.4, -0.2) is 83.1 Å². The molecule has 0 atom stereocenters. The third-order valence-electron chi connectivity index (χ3n) is 4.46. The van der Waals surface area contributed by atoms with Crippen molar-refractivity contribution in [3.05, 3.63) is 47.2 Å². The molecule has 3 rings (SSSR count). The molecule has 10 nitrogen and oxygen atoms in total. The SMILES string of the molecule is BC(B)(B)NC(=O)c1nnccc1Nc1cccc(-c2ncc(C(=O)NCCOC)s2)c1OC. The van der Waals surface area contributed by atoms with E-state index in [1.54, 1.807) is 20.3 Å². The number of carbonyl (C=O) groups excluding carboxylic acids is 2. The van der Waals surface area contributed by atoms with Crippen LogP contribution in [0.25, 0.3) is 10.6 Å². The summed E-state index contributed by atoms with van der Waals surface area (Å²) >= 11 is 1.25. The number of carbonyl (C=O) groups is 2. The highest BCUT2D eigenvalue weighted by Gasteiger charge is 2.22. The quantitative estimate of drug-likeness (QED) is 0.250. The van der Waals surface area contributed by atoms with Gasteiger partial charge in [-0.05, 0) is 23.4 Å². The number of nitrogens with one attached hydrogen (secondary N) is 3. The van der Waals surface area contributed by atoms with Crippen molar-refractivity contribution in [1.82, 2.24) is 25.8 Å². The third-order valence-corrected chi connectivity index (χ3v) is 5.49. The molecule has 0 saturated heterocycles. The monoisotopic (exact) mass is 478 g/mol. The van der Waals surface area contributed by atoms with Crippen LogP contribution in [0.2, 0.25) is 0 Å². The fourth-order valence-corrected chi connectivity index (χ4v) is 3.88. The maximum absolute atomic E-state index is 12.7. The van der Waals surface area contributed by atoms with E-state index < -0.39 is 5.24 Å². The Morgan fingerprint density at radius 2 is 1.91 bits per heavy atom. The highest BCUT2D eigenvalue weighted by Crippen LogP contribution is 2.39. The van der Waals surface area contributed by atoms with Crippen molar-refractivity contribution >= 4 is 58.1 Å². The van der Waals surface area contributed by atoms with Gasteiger partial charge < -0.3 is 25.4 Å². The van der Waals surface area contributed by atoms with Crippen molar-refractivity contribution in [3.8, 4) is 16.3 Å². The Kier molecular flexibility index (Phi) is 8.29. The van der Waals surface area contributed by atoms with Gasteiger partial charge >= 0.3 is 0 Å². The van der Waals surface area contributed by atoms with Crippen LogP contribution in [0.1, 0.15) is 20.2 Å². The Labute approximate surface area is 204 Å². The molecule has 0 bridgehead atoms. The van der Waals surface area contributed by atoms with Gasteiger partial charge in [-0.25, -0.2) is 4.98 Å². The molecule has 2 aromatic heterocycles. The van der Waals surface area contributed by atoms with Gasteiger partial charge in [0.1, 0.15) is 33.4 Å². The fourth-order valence-electron chi connectivity index (χ4n) is 3.03. The molecule has 0 aliphatic rings. The third kappa shape index (κ3) is 6.36. The van der Waals surface area contributed by atoms with E-state index in [1.165, 1.54) is 23.7 Å². The fraction of sp³-hybridized carbons (Fsp3) is 0.250. The van der Waals surface area contributed by atoms with E-state index in [9.17, 15) is 9.59 Å². The number of amides is 2. The van der Waals surface area contributed by atoms with Crippen LogP contribution in [0.5, 0.6) is 5.75 Å². The molecule has 0 fully saturated rings. The van der Waals surface area contributed by atoms with Gasteiger partial charge in [-0.3, -0.25) is 9.59 Å². The van der Waals surface area contributed by atoms with Crippen molar-refractivity contribution in [2.75, 3.05) is 32.7 Å². The summed E-state index contributed by atoms with van der Waals surface area (Å²) in [6.45, 7) is 0.842. The average Bonchev–Trinajstić information content (AvgIpc) is 3.28. The van der Waals surface area contributed by atoms with Crippen molar-refractivity contribution in [2.24, 2.45) is 0 Å². The molecule has 14 heteroatoms. The average molecular weight is 478 g/mol. The van der Waals surface area contributed by atoms with Gasteiger partial charge in [0.15, 0.2) is 11.4 Å². The Morgan fingerprint density at radius 3 is 2.62 bits per heavy atom. The second kappa shape index (κ2) is 11.2. The zero-order valence-electron chi connectivity index (χ0n) is 19.8. The smallest absolute Gasteiger partial charge is 0.272 e. The van der Waals surface area contributed by atoms with Crippen molar-refractivity contribution < 1.29 is 19.1 Å². The van der Waals surface area contributed by atoms with E-state index in [2.05, 4.69) is 31.1 Å². The molecule has 1 aromatic carbocycles. The van der Waals surface area contributed by atoms with Gasteiger partial charge in [0, 0.05) is 13.7 Å². The molecule has 3 aromatic rings. The number of ether oxygens (including phenoxy) is 2. The van der Waals surface area contributed by atoms with Gasteiger partial charge in [0.05, 0.1) is 43.0 Å². The zero-order valence-corrected chi connectivity index (χ0v) is 20.6. The number of nitrogens with zero attached hydrogens (tertiary/aromatic N) is 3. The van der Waals surface area contributed by atoms with Crippen molar-refractivity contribution in [2.45, 2.75) is 5.24 Å². The van der Waals surface area contributed by atoms with E-state index in [-0.39, 0.29) is 17.5 Å². The van der Waals surface area contributed by atoms with Crippen LogP contribution in [0.15, 0.2) is 36.7 Å². The maximum Gasteiger partial charge on any atom is 0.272 e. The number of hydrogen-bond acceptors (Lipinski definition) is 9. The number of thiazole rings is 1. The van der Waals surface area contributed by atoms with Crippen LogP contribution in [0.3, 0.4) is 0 Å². The van der Waals surface area contributed by atoms with E-state index in [4.69, 9.17) is 9.47 Å². The lowest BCUT2D eigenvalue weighted by molar-refractivity contribution is 0.0935. The Hall–Kier alpha value is -3.38. The number of para-hydroxylation sites is 1. The number of methoxy groups -OCH3 is 2. The minimum absolute atomic E-state index is 0.161. The second-order valence-corrected chi connectivity index (χ2v) is 9.32. The lowest BCUT2D eigenvalue weighted by Crippen LogP contribution is -2.50. The molecule has 0 aliphatic carbocycles. The van der Waals surface area contributed by atoms with E-state index in [1.807, 2.05) is 41.7 Å². The van der Waals surface area contributed by atoms with E-state index in [0.717, 1.165) is 0 Å². The number of aromatic nitrogens is 3. The Balaban J connectivity index is 1.89. The first kappa shape index (κ1) is 25.3. The molecule has 34 heavy (non-hydrogen) atoms. The topological polar surface area (TPSA) is 127 Å². The zero-order chi connectivity index (χ0) is 24.7. The largest absolute Gasteiger partial charge is 0.494 e. The normalized spacial score (nSPS) is 11.0. The molecule has 2 heterocycles. The summed E-state index contributed by atoms with van der Waals surface area (Å²) in [5.74, 6) is -0.0455. The minimum Gasteiger partial charge on any atom is -0.494 e. The number of anilines is 2. The van der Waals surface area contributed by atoms with Gasteiger partial charge in [-0.2, -0.15) is 5.10 Å². The van der Waals surface area contributed by atoms with Gasteiger partial charge in [0.2, 0.25) is 0 Å². The Bertz CT molecular complexity index is 1170. The molecular formula is C20H25B3N6O4S. The predicted molar refractivity (Wildman–Crippen MR) is 139 cm³/mol. The van der Waals surface area contributed by atoms with Crippen LogP contribution in [-0.2, 0) is 4.74 Å². The van der Waals surface area contributed by atoms with E-state index in [0.29, 0.717) is 45.7 Å². The molecule has 0 radical (unpaired) electrons. The lowest BCUT2D eigenvalue weighted by atomic mass is 9.49. The minimum atomic E-state index is -0.429. The molecule has 3 N–H and O–H groups in total. The first-order valence-corrected chi connectivity index (χ1v) is 11.4. The predicted octanol–water partition coefficient (Wildman–Crippen LogP) is -1.03. The molecule has 0 spiro atoms. The summed E-state index contributed by atoms with van der Waals surface area (Å²) in [5, 5.41) is 17.0. The molecule has 0 unspecified atom stereocenters. The van der Waals surface area contributed by atoms with Crippen molar-refractivity contribution in [1.29, 1.82) is 0 Å². The second-order valence-electron chi connectivity index (χ2n) is 8.29. The standard InChI is InChI=1S/C20H25B3N6O4S/c1-32-9-8-24-17(30)14-10-25-19(34-14)11-4-3-5-13(16(11)33-2)27-12-6-7-26-29-15(12)18(31)28-20(21,22)23/h3-7,10H,8-9,21-23H2,1-2H3,(H,24,30)(H,26,27)(H,28,31). The number of benzene rings is 1. The summed E-state index contributed by atoms with van der Waals surface area (Å²) in [6.07, 6.45) is 3.03. The summed E-state index contributed by atoms with van der Waals surface area (Å²) in [7, 11) is 8.79. The summed E-state index contributed by atoms with van der Waals surface area (Å²) < 4.78 is 10.6. The summed E-state index contributed by atoms with van der Waals surface area (Å²) in [5.41, 5.74) is 1.95. The first-order valence-electron chi connectivity index (χ1n) is 10.5. The highest BCUT2D eigenvalue weighted by atomic mass is 32.1. The van der Waals surface area contributed by atoms with Crippen LogP contribution >= 0.6 is 11.3 Å². The molecule has 0 saturated carbocycles. The molecule has 2 amide bonds. The maximum atomic E-state index is 12.7. The number of hydrogen-bond donors (Lipinski definition) is 3. The molecule has 0 aliphatic heterocycles.